The van der Waals surface area contributed by atoms with E-state index in [4.69, 9.17) is 4.98 Å². The topological polar surface area (TPSA) is 49.2 Å². The second-order valence-corrected chi connectivity index (χ2v) is 7.23. The number of anilines is 1. The Kier molecular flexibility index (Phi) is 3.83. The third-order valence-corrected chi connectivity index (χ3v) is 5.10. The molecule has 2 aromatic carbocycles. The molecule has 1 fully saturated rings. The smallest absolute Gasteiger partial charge is 0.147 e. The van der Waals surface area contributed by atoms with Crippen LogP contribution in [0.1, 0.15) is 24.5 Å². The number of aryl methyl sites for hydroxylation is 2. The first-order valence-electron chi connectivity index (χ1n) is 8.83. The van der Waals surface area contributed by atoms with Gasteiger partial charge in [-0.25, -0.2) is 4.98 Å². The number of fused-ring (bicyclic) bond motifs is 1. The van der Waals surface area contributed by atoms with E-state index < -0.39 is 0 Å². The van der Waals surface area contributed by atoms with E-state index in [9.17, 15) is 5.11 Å². The minimum atomic E-state index is 0.370. The van der Waals surface area contributed by atoms with Gasteiger partial charge in [-0.05, 0) is 72.7 Å². The molecule has 4 nitrogen and oxygen atoms in total. The number of rotatable bonds is 2. The minimum Gasteiger partial charge on any atom is -0.507 e. The van der Waals surface area contributed by atoms with Crippen molar-refractivity contribution in [3.63, 3.8) is 0 Å². The highest BCUT2D eigenvalue weighted by atomic mass is 16.3. The molecule has 0 aliphatic carbocycles. The maximum atomic E-state index is 10.0. The van der Waals surface area contributed by atoms with Gasteiger partial charge in [0, 0.05) is 13.1 Å². The monoisotopic (exact) mass is 333 g/mol. The van der Waals surface area contributed by atoms with Crippen LogP contribution in [0.5, 0.6) is 5.75 Å². The predicted octanol–water partition coefficient (Wildman–Crippen LogP) is 4.47. The van der Waals surface area contributed by atoms with Crippen molar-refractivity contribution >= 4 is 16.9 Å². The van der Waals surface area contributed by atoms with Crippen molar-refractivity contribution in [2.45, 2.75) is 27.2 Å². The van der Waals surface area contributed by atoms with Crippen LogP contribution in [0.4, 0.5) is 5.82 Å². The molecule has 1 aliphatic heterocycles. The summed E-state index contributed by atoms with van der Waals surface area (Å²) in [5.41, 5.74) is 5.79. The Hall–Kier alpha value is -2.62. The molecule has 2 heterocycles. The van der Waals surface area contributed by atoms with Gasteiger partial charge in [-0.1, -0.05) is 13.0 Å². The van der Waals surface area contributed by atoms with Gasteiger partial charge in [-0.3, -0.25) is 4.98 Å². The van der Waals surface area contributed by atoms with Crippen LogP contribution in [0.3, 0.4) is 0 Å². The molecule has 1 saturated heterocycles. The summed E-state index contributed by atoms with van der Waals surface area (Å²) < 4.78 is 0. The van der Waals surface area contributed by atoms with E-state index in [2.05, 4.69) is 28.9 Å². The van der Waals surface area contributed by atoms with Gasteiger partial charge >= 0.3 is 0 Å². The Balaban J connectivity index is 1.76. The fourth-order valence-corrected chi connectivity index (χ4v) is 3.60. The predicted molar refractivity (Wildman–Crippen MR) is 102 cm³/mol. The van der Waals surface area contributed by atoms with Crippen molar-refractivity contribution in [1.29, 1.82) is 0 Å². The highest BCUT2D eigenvalue weighted by Gasteiger charge is 2.20. The zero-order valence-corrected chi connectivity index (χ0v) is 15.0. The fraction of sp³-hybridized carbons (Fsp3) is 0.333. The highest BCUT2D eigenvalue weighted by Crippen LogP contribution is 2.31. The molecule has 1 aromatic heterocycles. The third-order valence-electron chi connectivity index (χ3n) is 5.10. The van der Waals surface area contributed by atoms with E-state index in [1.54, 1.807) is 0 Å². The van der Waals surface area contributed by atoms with Gasteiger partial charge in [0.05, 0.1) is 17.2 Å². The Morgan fingerprint density at radius 2 is 1.80 bits per heavy atom. The molecule has 0 saturated carbocycles. The zero-order valence-electron chi connectivity index (χ0n) is 15.0. The standard InChI is InChI=1S/C21H23N3O/c1-13-6-7-24(12-13)20-11-22-18-5-4-16(10-19(18)23-20)17-8-14(2)21(25)15(3)9-17/h4-5,8-11,13,25H,6-7,12H2,1-3H3. The first-order chi connectivity index (χ1) is 12.0. The molecule has 0 amide bonds. The van der Waals surface area contributed by atoms with Gasteiger partial charge < -0.3 is 10.0 Å². The maximum absolute atomic E-state index is 10.0. The van der Waals surface area contributed by atoms with Gasteiger partial charge in [0.25, 0.3) is 0 Å². The highest BCUT2D eigenvalue weighted by molar-refractivity contribution is 5.82. The summed E-state index contributed by atoms with van der Waals surface area (Å²) in [4.78, 5) is 11.8. The summed E-state index contributed by atoms with van der Waals surface area (Å²) in [7, 11) is 0. The fourth-order valence-electron chi connectivity index (χ4n) is 3.60. The van der Waals surface area contributed by atoms with Crippen LogP contribution >= 0.6 is 0 Å². The second kappa shape index (κ2) is 6.03. The van der Waals surface area contributed by atoms with Gasteiger partial charge in [0.15, 0.2) is 0 Å². The first kappa shape index (κ1) is 15.9. The van der Waals surface area contributed by atoms with Crippen LogP contribution < -0.4 is 4.90 Å². The van der Waals surface area contributed by atoms with Crippen molar-refractivity contribution in [2.24, 2.45) is 5.92 Å². The Labute approximate surface area is 148 Å². The second-order valence-electron chi connectivity index (χ2n) is 7.23. The van der Waals surface area contributed by atoms with Gasteiger partial charge in [-0.15, -0.1) is 0 Å². The molecule has 4 rings (SSSR count). The number of aromatic hydroxyl groups is 1. The molecule has 4 heteroatoms. The van der Waals surface area contributed by atoms with Crippen molar-refractivity contribution < 1.29 is 5.11 Å². The largest absolute Gasteiger partial charge is 0.507 e. The van der Waals surface area contributed by atoms with Crippen LogP contribution in [0.2, 0.25) is 0 Å². The number of benzene rings is 2. The minimum absolute atomic E-state index is 0.370. The van der Waals surface area contributed by atoms with Crippen molar-refractivity contribution in [3.05, 3.63) is 47.7 Å². The Morgan fingerprint density at radius 3 is 2.48 bits per heavy atom. The summed E-state index contributed by atoms with van der Waals surface area (Å²) in [6.07, 6.45) is 3.10. The molecule has 3 aromatic rings. The molecule has 25 heavy (non-hydrogen) atoms. The van der Waals surface area contributed by atoms with Crippen LogP contribution in [0, 0.1) is 19.8 Å². The van der Waals surface area contributed by atoms with E-state index in [0.717, 1.165) is 52.2 Å². The zero-order chi connectivity index (χ0) is 17.6. The molecular weight excluding hydrogens is 310 g/mol. The number of hydrogen-bond donors (Lipinski definition) is 1. The molecular formula is C21H23N3O. The van der Waals surface area contributed by atoms with Crippen LogP contribution in [0.15, 0.2) is 36.5 Å². The van der Waals surface area contributed by atoms with E-state index >= 15 is 0 Å². The lowest BCUT2D eigenvalue weighted by atomic mass is 9.99. The van der Waals surface area contributed by atoms with Crippen molar-refractivity contribution in [1.82, 2.24) is 9.97 Å². The van der Waals surface area contributed by atoms with Crippen LogP contribution in [-0.4, -0.2) is 28.2 Å². The normalized spacial score (nSPS) is 17.4. The van der Waals surface area contributed by atoms with Crippen molar-refractivity contribution in [2.75, 3.05) is 18.0 Å². The Morgan fingerprint density at radius 1 is 1.04 bits per heavy atom. The van der Waals surface area contributed by atoms with Crippen LogP contribution in [-0.2, 0) is 0 Å². The molecule has 1 unspecified atom stereocenters. The van der Waals surface area contributed by atoms with Crippen LogP contribution in [0.25, 0.3) is 22.2 Å². The number of phenolic OH excluding ortho intramolecular Hbond substituents is 1. The molecule has 128 valence electrons. The molecule has 1 N–H and O–H groups in total. The van der Waals surface area contributed by atoms with E-state index in [1.165, 1.54) is 6.42 Å². The van der Waals surface area contributed by atoms with Gasteiger partial charge in [0.1, 0.15) is 11.6 Å². The number of nitrogens with zero attached hydrogens (tertiary/aromatic N) is 3. The summed E-state index contributed by atoms with van der Waals surface area (Å²) >= 11 is 0. The lowest BCUT2D eigenvalue weighted by molar-refractivity contribution is 0.467. The number of hydrogen-bond acceptors (Lipinski definition) is 4. The number of phenols is 1. The lowest BCUT2D eigenvalue weighted by Gasteiger charge is -2.17. The summed E-state index contributed by atoms with van der Waals surface area (Å²) in [6, 6.07) is 10.2. The van der Waals surface area contributed by atoms with Gasteiger partial charge in [0.2, 0.25) is 0 Å². The third kappa shape index (κ3) is 2.93. The molecule has 0 bridgehead atoms. The molecule has 0 radical (unpaired) electrons. The Bertz CT molecular complexity index is 928. The molecule has 1 atom stereocenters. The summed E-state index contributed by atoms with van der Waals surface area (Å²) in [5, 5.41) is 10.0. The molecule has 1 aliphatic rings. The van der Waals surface area contributed by atoms with Crippen molar-refractivity contribution in [3.8, 4) is 16.9 Å². The summed E-state index contributed by atoms with van der Waals surface area (Å²) in [6.45, 7) is 8.24. The van der Waals surface area contributed by atoms with E-state index in [1.807, 2.05) is 38.2 Å². The molecule has 0 spiro atoms. The quantitative estimate of drug-likeness (QED) is 0.752. The lowest BCUT2D eigenvalue weighted by Crippen LogP contribution is -2.20. The maximum Gasteiger partial charge on any atom is 0.147 e. The van der Waals surface area contributed by atoms with E-state index in [-0.39, 0.29) is 0 Å². The average molecular weight is 333 g/mol. The SMILES string of the molecule is Cc1cc(-c2ccc3ncc(N4CCC(C)C4)nc3c2)cc(C)c1O. The van der Waals surface area contributed by atoms with E-state index in [0.29, 0.717) is 11.7 Å². The van der Waals surface area contributed by atoms with Gasteiger partial charge in [-0.2, -0.15) is 0 Å². The average Bonchev–Trinajstić information content (AvgIpc) is 3.04. The first-order valence-corrected chi connectivity index (χ1v) is 8.83. The summed E-state index contributed by atoms with van der Waals surface area (Å²) in [5.74, 6) is 2.05. The number of aromatic nitrogens is 2.